The molecule has 0 radical (unpaired) electrons. The van der Waals surface area contributed by atoms with Gasteiger partial charge in [-0.3, -0.25) is 9.78 Å². The van der Waals surface area contributed by atoms with Crippen molar-refractivity contribution in [3.8, 4) is 0 Å². The predicted octanol–water partition coefficient (Wildman–Crippen LogP) is 3.78. The first-order valence-corrected chi connectivity index (χ1v) is 10.5. The summed E-state index contributed by atoms with van der Waals surface area (Å²) in [6.45, 7) is 5.90. The number of aromatic nitrogens is 1. The average molecular weight is 356 g/mol. The standard InChI is InChI=1S/C22H33N3O/c1-15(2)22(9-7-19(23)12-22)21(26)25-10-8-20-18(14-25)11-17(13-24-20)16-5-3-4-6-16/h11,13,15-16,19H,3-10,12,14,23H2,1-2H3. The van der Waals surface area contributed by atoms with Crippen LogP contribution in [0, 0.1) is 11.3 Å². The quantitative estimate of drug-likeness (QED) is 0.898. The van der Waals surface area contributed by atoms with E-state index in [-0.39, 0.29) is 11.5 Å². The molecule has 2 atom stereocenters. The minimum Gasteiger partial charge on any atom is -0.337 e. The van der Waals surface area contributed by atoms with E-state index in [1.807, 2.05) is 0 Å². The van der Waals surface area contributed by atoms with E-state index >= 15 is 0 Å². The van der Waals surface area contributed by atoms with Gasteiger partial charge in [-0.05, 0) is 55.1 Å². The summed E-state index contributed by atoms with van der Waals surface area (Å²) in [6.07, 6.45) is 11.0. The maximum Gasteiger partial charge on any atom is 0.229 e. The molecule has 2 aliphatic carbocycles. The molecular formula is C22H33N3O. The van der Waals surface area contributed by atoms with Crippen molar-refractivity contribution in [1.82, 2.24) is 9.88 Å². The maximum absolute atomic E-state index is 13.5. The number of pyridine rings is 1. The molecule has 3 aliphatic rings. The van der Waals surface area contributed by atoms with Crippen LogP contribution >= 0.6 is 0 Å². The maximum atomic E-state index is 13.5. The van der Waals surface area contributed by atoms with Crippen LogP contribution in [0.1, 0.15) is 81.5 Å². The largest absolute Gasteiger partial charge is 0.337 e. The van der Waals surface area contributed by atoms with E-state index in [4.69, 9.17) is 10.7 Å². The van der Waals surface area contributed by atoms with Crippen molar-refractivity contribution in [3.63, 3.8) is 0 Å². The predicted molar refractivity (Wildman–Crippen MR) is 104 cm³/mol. The minimum absolute atomic E-state index is 0.175. The van der Waals surface area contributed by atoms with E-state index in [0.717, 1.165) is 38.8 Å². The van der Waals surface area contributed by atoms with Crippen molar-refractivity contribution < 1.29 is 4.79 Å². The van der Waals surface area contributed by atoms with Gasteiger partial charge in [0.2, 0.25) is 5.91 Å². The van der Waals surface area contributed by atoms with Gasteiger partial charge in [0.05, 0.1) is 5.41 Å². The third-order valence-electron chi connectivity index (χ3n) is 7.29. The minimum atomic E-state index is -0.257. The Balaban J connectivity index is 1.55. The number of carbonyl (C=O) groups is 1. The number of hydrogen-bond acceptors (Lipinski definition) is 3. The summed E-state index contributed by atoms with van der Waals surface area (Å²) in [4.78, 5) is 20.4. The molecule has 0 spiro atoms. The number of amides is 1. The van der Waals surface area contributed by atoms with Gasteiger partial charge in [-0.2, -0.15) is 0 Å². The Kier molecular flexibility index (Phi) is 4.81. The molecule has 1 amide bonds. The molecule has 2 saturated carbocycles. The topological polar surface area (TPSA) is 59.2 Å². The highest BCUT2D eigenvalue weighted by atomic mass is 16.2. The first-order chi connectivity index (χ1) is 12.5. The highest BCUT2D eigenvalue weighted by molar-refractivity contribution is 5.83. The van der Waals surface area contributed by atoms with Crippen molar-refractivity contribution in [2.75, 3.05) is 6.54 Å². The summed E-state index contributed by atoms with van der Waals surface area (Å²) in [7, 11) is 0. The molecule has 4 heteroatoms. The molecule has 1 aliphatic heterocycles. The summed E-state index contributed by atoms with van der Waals surface area (Å²) in [5.74, 6) is 1.35. The van der Waals surface area contributed by atoms with Gasteiger partial charge in [0.25, 0.3) is 0 Å². The zero-order valence-corrected chi connectivity index (χ0v) is 16.3. The van der Waals surface area contributed by atoms with Crippen molar-refractivity contribution >= 4 is 5.91 Å². The third-order valence-corrected chi connectivity index (χ3v) is 7.29. The van der Waals surface area contributed by atoms with Crippen molar-refractivity contribution in [3.05, 3.63) is 29.1 Å². The molecule has 0 aromatic carbocycles. The Hall–Kier alpha value is -1.42. The van der Waals surface area contributed by atoms with E-state index in [2.05, 4.69) is 31.0 Å². The zero-order valence-electron chi connectivity index (χ0n) is 16.3. The van der Waals surface area contributed by atoms with E-state index in [9.17, 15) is 4.79 Å². The van der Waals surface area contributed by atoms with Crippen molar-refractivity contribution in [1.29, 1.82) is 0 Å². The van der Waals surface area contributed by atoms with Crippen LogP contribution in [0.4, 0.5) is 0 Å². The monoisotopic (exact) mass is 355 g/mol. The molecule has 1 aromatic heterocycles. The molecule has 2 unspecified atom stereocenters. The van der Waals surface area contributed by atoms with Crippen molar-refractivity contribution in [2.45, 2.75) is 83.7 Å². The highest BCUT2D eigenvalue weighted by Crippen LogP contribution is 2.46. The van der Waals surface area contributed by atoms with Crippen LogP contribution in [0.3, 0.4) is 0 Å². The first kappa shape index (κ1) is 18.0. The third kappa shape index (κ3) is 3.06. The number of fused-ring (bicyclic) bond motifs is 1. The van der Waals surface area contributed by atoms with Crippen LogP contribution < -0.4 is 5.73 Å². The number of hydrogen-bond donors (Lipinski definition) is 1. The fourth-order valence-electron chi connectivity index (χ4n) is 5.50. The molecule has 1 aromatic rings. The van der Waals surface area contributed by atoms with Gasteiger partial charge in [0.15, 0.2) is 0 Å². The first-order valence-electron chi connectivity index (χ1n) is 10.5. The molecule has 0 bridgehead atoms. The summed E-state index contributed by atoms with van der Waals surface area (Å²) in [6, 6.07) is 2.52. The fourth-order valence-corrected chi connectivity index (χ4v) is 5.50. The van der Waals surface area contributed by atoms with Crippen LogP contribution in [0.2, 0.25) is 0 Å². The summed E-state index contributed by atoms with van der Waals surface area (Å²) >= 11 is 0. The Morgan fingerprint density at radius 1 is 1.31 bits per heavy atom. The van der Waals surface area contributed by atoms with Crippen LogP contribution in [0.15, 0.2) is 12.3 Å². The van der Waals surface area contributed by atoms with Crippen LogP contribution in [0.5, 0.6) is 0 Å². The number of nitrogens with zero attached hydrogens (tertiary/aromatic N) is 2. The lowest BCUT2D eigenvalue weighted by molar-refractivity contribution is -0.145. The molecule has 0 saturated heterocycles. The lowest BCUT2D eigenvalue weighted by Crippen LogP contribution is -2.48. The van der Waals surface area contributed by atoms with E-state index < -0.39 is 0 Å². The molecule has 4 nitrogen and oxygen atoms in total. The van der Waals surface area contributed by atoms with Crippen LogP contribution in [-0.2, 0) is 17.8 Å². The Bertz CT molecular complexity index is 680. The Morgan fingerprint density at radius 3 is 2.73 bits per heavy atom. The SMILES string of the molecule is CC(C)C1(C(=O)N2CCc3ncc(C4CCCC4)cc3C2)CCC(N)C1. The van der Waals surface area contributed by atoms with Gasteiger partial charge in [0, 0.05) is 37.4 Å². The second-order valence-electron chi connectivity index (χ2n) is 9.15. The van der Waals surface area contributed by atoms with E-state index in [1.165, 1.54) is 42.5 Å². The number of rotatable bonds is 3. The Morgan fingerprint density at radius 2 is 2.08 bits per heavy atom. The van der Waals surface area contributed by atoms with Crippen molar-refractivity contribution in [2.24, 2.45) is 17.1 Å². The normalized spacial score (nSPS) is 29.4. The summed E-state index contributed by atoms with van der Waals surface area (Å²) in [5, 5.41) is 0. The molecule has 4 rings (SSSR count). The highest BCUT2D eigenvalue weighted by Gasteiger charge is 2.48. The van der Waals surface area contributed by atoms with Gasteiger partial charge >= 0.3 is 0 Å². The number of nitrogens with two attached hydrogens (primary N) is 1. The van der Waals surface area contributed by atoms with Gasteiger partial charge in [0.1, 0.15) is 0 Å². The summed E-state index contributed by atoms with van der Waals surface area (Å²) < 4.78 is 0. The van der Waals surface area contributed by atoms with Gasteiger partial charge in [-0.15, -0.1) is 0 Å². The molecule has 2 fully saturated rings. The summed E-state index contributed by atoms with van der Waals surface area (Å²) in [5.41, 5.74) is 9.80. The van der Waals surface area contributed by atoms with Gasteiger partial charge in [-0.1, -0.05) is 32.8 Å². The van der Waals surface area contributed by atoms with Crippen LogP contribution in [-0.4, -0.2) is 28.4 Å². The van der Waals surface area contributed by atoms with Crippen LogP contribution in [0.25, 0.3) is 0 Å². The average Bonchev–Trinajstić information content (AvgIpc) is 3.30. The van der Waals surface area contributed by atoms with Gasteiger partial charge < -0.3 is 10.6 Å². The fraction of sp³-hybridized carbons (Fsp3) is 0.727. The molecule has 2 N–H and O–H groups in total. The Labute approximate surface area is 157 Å². The molecule has 2 heterocycles. The lowest BCUT2D eigenvalue weighted by atomic mass is 9.74. The zero-order chi connectivity index (χ0) is 18.3. The smallest absolute Gasteiger partial charge is 0.229 e. The van der Waals surface area contributed by atoms with Gasteiger partial charge in [-0.25, -0.2) is 0 Å². The molecular weight excluding hydrogens is 322 g/mol. The molecule has 142 valence electrons. The second kappa shape index (κ2) is 6.95. The molecule has 26 heavy (non-hydrogen) atoms. The van der Waals surface area contributed by atoms with E-state index in [0.29, 0.717) is 17.7 Å². The van der Waals surface area contributed by atoms with E-state index in [1.54, 1.807) is 0 Å². The number of carbonyl (C=O) groups excluding carboxylic acids is 1. The second-order valence-corrected chi connectivity index (χ2v) is 9.15. The lowest BCUT2D eigenvalue weighted by Gasteiger charge is -2.39.